The van der Waals surface area contributed by atoms with E-state index in [2.05, 4.69) is 5.32 Å². The van der Waals surface area contributed by atoms with Gasteiger partial charge in [0.05, 0.1) is 6.61 Å². The molecule has 21 heavy (non-hydrogen) atoms. The van der Waals surface area contributed by atoms with Crippen LogP contribution in [0.2, 0.25) is 0 Å². The minimum Gasteiger partial charge on any atom is -0.494 e. The Bertz CT molecular complexity index is 529. The van der Waals surface area contributed by atoms with E-state index in [9.17, 15) is 9.59 Å². The lowest BCUT2D eigenvalue weighted by atomic mass is 9.99. The number of nitrogens with two attached hydrogens (primary N) is 1. The molecule has 1 aromatic rings. The summed E-state index contributed by atoms with van der Waals surface area (Å²) in [7, 11) is 0. The van der Waals surface area contributed by atoms with E-state index in [1.165, 1.54) is 4.90 Å². The smallest absolute Gasteiger partial charge is 0.325 e. The Morgan fingerprint density at radius 3 is 2.52 bits per heavy atom. The minimum absolute atomic E-state index is 0.164. The molecular formula is C15H21N3O3. The maximum Gasteiger partial charge on any atom is 0.325 e. The van der Waals surface area contributed by atoms with Gasteiger partial charge in [0, 0.05) is 12.2 Å². The second-order valence-corrected chi connectivity index (χ2v) is 5.34. The first-order chi connectivity index (χ1) is 9.96. The van der Waals surface area contributed by atoms with Crippen LogP contribution in [-0.2, 0) is 4.79 Å². The highest BCUT2D eigenvalue weighted by Crippen LogP contribution is 2.21. The van der Waals surface area contributed by atoms with Crippen LogP contribution in [0.3, 0.4) is 0 Å². The normalized spacial score (nSPS) is 21.5. The molecule has 1 aliphatic rings. The van der Waals surface area contributed by atoms with Crippen molar-refractivity contribution >= 4 is 17.6 Å². The molecule has 6 nitrogen and oxygen atoms in total. The maximum atomic E-state index is 12.2. The van der Waals surface area contributed by atoms with Crippen molar-refractivity contribution in [2.45, 2.75) is 32.2 Å². The molecule has 3 amide bonds. The van der Waals surface area contributed by atoms with Gasteiger partial charge in [-0.3, -0.25) is 9.69 Å². The summed E-state index contributed by atoms with van der Waals surface area (Å²) in [5, 5.41) is 2.73. The highest BCUT2D eigenvalue weighted by atomic mass is 16.5. The van der Waals surface area contributed by atoms with Gasteiger partial charge in [-0.25, -0.2) is 4.79 Å². The fourth-order valence-electron chi connectivity index (χ4n) is 2.17. The van der Waals surface area contributed by atoms with Crippen LogP contribution in [-0.4, -0.2) is 35.5 Å². The summed E-state index contributed by atoms with van der Waals surface area (Å²) in [6, 6.07) is 6.78. The van der Waals surface area contributed by atoms with Gasteiger partial charge in [0.2, 0.25) is 0 Å². The van der Waals surface area contributed by atoms with Crippen molar-refractivity contribution in [3.63, 3.8) is 0 Å². The molecule has 114 valence electrons. The number of anilines is 1. The van der Waals surface area contributed by atoms with E-state index < -0.39 is 5.54 Å². The van der Waals surface area contributed by atoms with Crippen molar-refractivity contribution in [2.75, 3.05) is 18.9 Å². The average Bonchev–Trinajstić information content (AvgIpc) is 2.69. The van der Waals surface area contributed by atoms with E-state index >= 15 is 0 Å². The molecule has 3 N–H and O–H groups in total. The number of amides is 3. The van der Waals surface area contributed by atoms with Crippen molar-refractivity contribution in [1.29, 1.82) is 0 Å². The third-order valence-electron chi connectivity index (χ3n) is 3.73. The zero-order valence-corrected chi connectivity index (χ0v) is 12.4. The van der Waals surface area contributed by atoms with Crippen LogP contribution in [0.1, 0.15) is 26.7 Å². The number of rotatable bonds is 6. The molecule has 0 bridgehead atoms. The van der Waals surface area contributed by atoms with Crippen molar-refractivity contribution in [2.24, 2.45) is 0 Å². The van der Waals surface area contributed by atoms with Crippen LogP contribution in [0, 0.1) is 0 Å². The topological polar surface area (TPSA) is 84.7 Å². The number of urea groups is 1. The van der Waals surface area contributed by atoms with Gasteiger partial charge in [-0.1, -0.05) is 6.92 Å². The molecule has 1 fully saturated rings. The quantitative estimate of drug-likeness (QED) is 0.475. The van der Waals surface area contributed by atoms with Crippen LogP contribution in [0.5, 0.6) is 5.75 Å². The number of carbonyl (C=O) groups excluding carboxylic acids is 2. The number of hydrogen-bond acceptors (Lipinski definition) is 4. The molecule has 0 aliphatic carbocycles. The highest BCUT2D eigenvalue weighted by molar-refractivity contribution is 6.06. The van der Waals surface area contributed by atoms with E-state index in [4.69, 9.17) is 10.5 Å². The summed E-state index contributed by atoms with van der Waals surface area (Å²) >= 11 is 0. The largest absolute Gasteiger partial charge is 0.494 e. The van der Waals surface area contributed by atoms with Gasteiger partial charge < -0.3 is 15.8 Å². The molecular weight excluding hydrogens is 270 g/mol. The second-order valence-electron chi connectivity index (χ2n) is 5.34. The third-order valence-corrected chi connectivity index (χ3v) is 3.73. The lowest BCUT2D eigenvalue weighted by molar-refractivity contribution is -0.130. The molecule has 1 saturated heterocycles. The van der Waals surface area contributed by atoms with Crippen LogP contribution in [0.15, 0.2) is 24.3 Å². The number of carbonyl (C=O) groups is 2. The molecule has 6 heteroatoms. The molecule has 0 aromatic heterocycles. The zero-order valence-electron chi connectivity index (χ0n) is 12.4. The van der Waals surface area contributed by atoms with E-state index in [0.29, 0.717) is 31.7 Å². The van der Waals surface area contributed by atoms with Crippen LogP contribution < -0.4 is 15.8 Å². The summed E-state index contributed by atoms with van der Waals surface area (Å²) < 4.78 is 5.54. The Hall–Kier alpha value is -2.24. The number of ether oxygens (including phenoxy) is 1. The minimum atomic E-state index is -0.769. The fourth-order valence-corrected chi connectivity index (χ4v) is 2.17. The Balaban J connectivity index is 1.80. The molecule has 0 spiro atoms. The third kappa shape index (κ3) is 3.26. The number of nitrogen functional groups attached to an aromatic ring is 1. The van der Waals surface area contributed by atoms with Crippen molar-refractivity contribution in [3.8, 4) is 5.75 Å². The lowest BCUT2D eigenvalue weighted by Gasteiger charge is -2.19. The molecule has 1 aromatic carbocycles. The standard InChI is InChI=1S/C15H21N3O3/c1-3-15(2)13(19)18(14(20)17-15)9-4-10-21-12-7-5-11(16)6-8-12/h5-8H,3-4,9-10,16H2,1-2H3,(H,17,20). The van der Waals surface area contributed by atoms with Gasteiger partial charge in [-0.15, -0.1) is 0 Å². The van der Waals surface area contributed by atoms with Crippen molar-refractivity contribution in [3.05, 3.63) is 24.3 Å². The summed E-state index contributed by atoms with van der Waals surface area (Å²) in [4.78, 5) is 25.2. The van der Waals surface area contributed by atoms with Crippen molar-refractivity contribution in [1.82, 2.24) is 10.2 Å². The summed E-state index contributed by atoms with van der Waals surface area (Å²) in [6.07, 6.45) is 1.17. The van der Waals surface area contributed by atoms with E-state index in [1.807, 2.05) is 6.92 Å². The van der Waals surface area contributed by atoms with Gasteiger partial charge in [0.15, 0.2) is 0 Å². The highest BCUT2D eigenvalue weighted by Gasteiger charge is 2.45. The van der Waals surface area contributed by atoms with E-state index in [0.717, 1.165) is 5.75 Å². The monoisotopic (exact) mass is 291 g/mol. The van der Waals surface area contributed by atoms with Crippen LogP contribution in [0.25, 0.3) is 0 Å². The van der Waals surface area contributed by atoms with Gasteiger partial charge in [0.25, 0.3) is 5.91 Å². The van der Waals surface area contributed by atoms with Crippen LogP contribution in [0.4, 0.5) is 10.5 Å². The summed E-state index contributed by atoms with van der Waals surface area (Å²) in [5.74, 6) is 0.558. The Morgan fingerprint density at radius 2 is 1.95 bits per heavy atom. The number of imide groups is 1. The molecule has 1 atom stereocenters. The number of hydrogen-bond donors (Lipinski definition) is 2. The maximum absolute atomic E-state index is 12.2. The molecule has 0 radical (unpaired) electrons. The van der Waals surface area contributed by atoms with E-state index in [-0.39, 0.29) is 11.9 Å². The van der Waals surface area contributed by atoms with Crippen LogP contribution >= 0.6 is 0 Å². The Kier molecular flexibility index (Phi) is 4.35. The predicted octanol–water partition coefficient (Wildman–Crippen LogP) is 1.76. The first kappa shape index (κ1) is 15.2. The first-order valence-electron chi connectivity index (χ1n) is 7.09. The molecule has 0 saturated carbocycles. The summed E-state index contributed by atoms with van der Waals surface area (Å²) in [6.45, 7) is 4.42. The van der Waals surface area contributed by atoms with Gasteiger partial charge >= 0.3 is 6.03 Å². The lowest BCUT2D eigenvalue weighted by Crippen LogP contribution is -2.43. The molecule has 1 aliphatic heterocycles. The number of nitrogens with one attached hydrogen (secondary N) is 1. The number of benzene rings is 1. The SMILES string of the molecule is CCC1(C)NC(=O)N(CCCOc2ccc(N)cc2)C1=O. The van der Waals surface area contributed by atoms with E-state index in [1.54, 1.807) is 31.2 Å². The fraction of sp³-hybridized carbons (Fsp3) is 0.467. The predicted molar refractivity (Wildman–Crippen MR) is 79.9 cm³/mol. The molecule has 1 heterocycles. The molecule has 1 unspecified atom stereocenters. The van der Waals surface area contributed by atoms with Gasteiger partial charge in [-0.05, 0) is 44.0 Å². The Labute approximate surface area is 124 Å². The average molecular weight is 291 g/mol. The molecule has 2 rings (SSSR count). The van der Waals surface area contributed by atoms with Crippen molar-refractivity contribution < 1.29 is 14.3 Å². The van der Waals surface area contributed by atoms with Gasteiger partial charge in [-0.2, -0.15) is 0 Å². The number of nitrogens with zero attached hydrogens (tertiary/aromatic N) is 1. The first-order valence-corrected chi connectivity index (χ1v) is 7.09. The Morgan fingerprint density at radius 1 is 1.29 bits per heavy atom. The summed E-state index contributed by atoms with van der Waals surface area (Å²) in [5.41, 5.74) is 5.50. The zero-order chi connectivity index (χ0) is 15.5. The second kappa shape index (κ2) is 6.03. The van der Waals surface area contributed by atoms with Gasteiger partial charge in [0.1, 0.15) is 11.3 Å².